The van der Waals surface area contributed by atoms with E-state index in [1.165, 1.54) is 25.3 Å². The number of carbonyl (C=O) groups is 3. The second-order valence-corrected chi connectivity index (χ2v) is 8.78. The van der Waals surface area contributed by atoms with Gasteiger partial charge in [-0.3, -0.25) is 25.0 Å². The molecule has 1 aliphatic heterocycles. The summed E-state index contributed by atoms with van der Waals surface area (Å²) >= 11 is 0. The third kappa shape index (κ3) is 6.44. The third-order valence-electron chi connectivity index (χ3n) is 6.00. The number of nitro groups is 1. The van der Waals surface area contributed by atoms with Crippen molar-refractivity contribution >= 4 is 35.3 Å². The summed E-state index contributed by atoms with van der Waals surface area (Å²) in [5.41, 5.74) is 1.22. The zero-order valence-electron chi connectivity index (χ0n) is 21.9. The summed E-state index contributed by atoms with van der Waals surface area (Å²) in [4.78, 5) is 49.6. The van der Waals surface area contributed by atoms with Crippen molar-refractivity contribution in [1.29, 1.82) is 0 Å². The number of hydrogen-bond donors (Lipinski definition) is 1. The zero-order chi connectivity index (χ0) is 28.6. The number of methoxy groups -OCH3 is 1. The van der Waals surface area contributed by atoms with E-state index < -0.39 is 22.8 Å². The first-order chi connectivity index (χ1) is 19.3. The highest BCUT2D eigenvalue weighted by atomic mass is 16.6. The first kappa shape index (κ1) is 27.8. The minimum Gasteiger partial charge on any atom is -0.494 e. The average molecular weight is 546 g/mol. The van der Waals surface area contributed by atoms with Crippen molar-refractivity contribution in [2.45, 2.75) is 26.4 Å². The molecule has 3 aromatic carbocycles. The fourth-order valence-electron chi connectivity index (χ4n) is 3.85. The number of ether oxygens (including phenoxy) is 3. The summed E-state index contributed by atoms with van der Waals surface area (Å²) in [7, 11) is 1.44. The van der Waals surface area contributed by atoms with E-state index in [9.17, 15) is 24.5 Å². The van der Waals surface area contributed by atoms with Crippen LogP contribution in [0.2, 0.25) is 0 Å². The lowest BCUT2D eigenvalue weighted by Gasteiger charge is -2.26. The van der Waals surface area contributed by atoms with Crippen molar-refractivity contribution in [3.63, 3.8) is 0 Å². The summed E-state index contributed by atoms with van der Waals surface area (Å²) in [6.45, 7) is 2.75. The van der Waals surface area contributed by atoms with Crippen LogP contribution < -0.4 is 24.4 Å². The SMILES string of the molecule is CCCCOc1ccc(N2C(=O)NC(=O)/C(=C/c3ccc(OCc4ccc([N+](=O)[O-])cc4)c(OC)c3)C2=O)cc1. The Morgan fingerprint density at radius 1 is 0.950 bits per heavy atom. The molecule has 0 aromatic heterocycles. The second-order valence-electron chi connectivity index (χ2n) is 8.78. The molecule has 0 bridgehead atoms. The Morgan fingerprint density at radius 3 is 2.33 bits per heavy atom. The van der Waals surface area contributed by atoms with E-state index in [4.69, 9.17) is 14.2 Å². The van der Waals surface area contributed by atoms with Gasteiger partial charge in [0.05, 0.1) is 24.3 Å². The highest BCUT2D eigenvalue weighted by Gasteiger charge is 2.36. The van der Waals surface area contributed by atoms with Gasteiger partial charge in [-0.15, -0.1) is 0 Å². The lowest BCUT2D eigenvalue weighted by molar-refractivity contribution is -0.384. The van der Waals surface area contributed by atoms with E-state index in [2.05, 4.69) is 12.2 Å². The van der Waals surface area contributed by atoms with Crippen molar-refractivity contribution in [3.8, 4) is 17.2 Å². The summed E-state index contributed by atoms with van der Waals surface area (Å²) in [6.07, 6.45) is 3.26. The topological polar surface area (TPSA) is 137 Å². The molecule has 1 saturated heterocycles. The van der Waals surface area contributed by atoms with Gasteiger partial charge in [0.15, 0.2) is 11.5 Å². The molecule has 0 spiro atoms. The second kappa shape index (κ2) is 12.6. The first-order valence-corrected chi connectivity index (χ1v) is 12.5. The molecule has 11 heteroatoms. The summed E-state index contributed by atoms with van der Waals surface area (Å²) in [5.74, 6) is -0.252. The van der Waals surface area contributed by atoms with Gasteiger partial charge in [0.1, 0.15) is 17.9 Å². The van der Waals surface area contributed by atoms with Gasteiger partial charge in [0.25, 0.3) is 17.5 Å². The quantitative estimate of drug-likeness (QED) is 0.116. The Morgan fingerprint density at radius 2 is 1.68 bits per heavy atom. The van der Waals surface area contributed by atoms with Crippen molar-refractivity contribution in [2.75, 3.05) is 18.6 Å². The predicted molar refractivity (Wildman–Crippen MR) is 146 cm³/mol. The van der Waals surface area contributed by atoms with E-state index in [0.717, 1.165) is 17.7 Å². The number of urea groups is 1. The van der Waals surface area contributed by atoms with Gasteiger partial charge < -0.3 is 14.2 Å². The minimum absolute atomic E-state index is 0.0197. The lowest BCUT2D eigenvalue weighted by atomic mass is 10.1. The first-order valence-electron chi connectivity index (χ1n) is 12.5. The molecule has 0 atom stereocenters. The van der Waals surface area contributed by atoms with Crippen LogP contribution in [0.4, 0.5) is 16.2 Å². The van der Waals surface area contributed by atoms with Gasteiger partial charge in [-0.25, -0.2) is 9.69 Å². The highest BCUT2D eigenvalue weighted by molar-refractivity contribution is 6.39. The van der Waals surface area contributed by atoms with E-state index in [1.807, 2.05) is 0 Å². The van der Waals surface area contributed by atoms with Gasteiger partial charge in [-0.2, -0.15) is 0 Å². The number of non-ortho nitro benzene ring substituents is 1. The molecule has 4 rings (SSSR count). The number of rotatable bonds is 11. The number of amides is 4. The van der Waals surface area contributed by atoms with E-state index in [1.54, 1.807) is 54.6 Å². The zero-order valence-corrected chi connectivity index (χ0v) is 21.9. The number of anilines is 1. The molecular formula is C29H27N3O8. The standard InChI is InChI=1S/C29H27N3O8/c1-3-4-15-39-23-12-10-21(11-13-23)31-28(34)24(27(33)30-29(31)35)16-20-7-14-25(26(17-20)38-2)40-18-19-5-8-22(9-6-19)32(36)37/h5-14,16-17H,3-4,15,18H2,1-2H3,(H,30,33,35)/b24-16-. The maximum absolute atomic E-state index is 13.2. The molecule has 1 aliphatic rings. The molecular weight excluding hydrogens is 518 g/mol. The van der Waals surface area contributed by atoms with Crippen LogP contribution in [0.1, 0.15) is 30.9 Å². The van der Waals surface area contributed by atoms with Gasteiger partial charge in [-0.05, 0) is 72.2 Å². The van der Waals surface area contributed by atoms with E-state index >= 15 is 0 Å². The van der Waals surface area contributed by atoms with Crippen LogP contribution in [0.15, 0.2) is 72.3 Å². The smallest absolute Gasteiger partial charge is 0.335 e. The van der Waals surface area contributed by atoms with E-state index in [-0.39, 0.29) is 23.6 Å². The van der Waals surface area contributed by atoms with Crippen LogP contribution in [-0.4, -0.2) is 36.5 Å². The maximum Gasteiger partial charge on any atom is 0.335 e. The molecule has 206 valence electrons. The maximum atomic E-state index is 13.2. The van der Waals surface area contributed by atoms with Crippen molar-refractivity contribution in [1.82, 2.24) is 5.32 Å². The van der Waals surface area contributed by atoms with Gasteiger partial charge in [0, 0.05) is 12.1 Å². The normalized spacial score (nSPS) is 14.2. The molecule has 0 saturated carbocycles. The molecule has 4 amide bonds. The van der Waals surface area contributed by atoms with E-state index in [0.29, 0.717) is 35.0 Å². The van der Waals surface area contributed by atoms with Crippen LogP contribution >= 0.6 is 0 Å². The molecule has 0 aliphatic carbocycles. The van der Waals surface area contributed by atoms with Crippen LogP contribution in [0.5, 0.6) is 17.2 Å². The lowest BCUT2D eigenvalue weighted by Crippen LogP contribution is -2.54. The molecule has 1 fully saturated rings. The monoisotopic (exact) mass is 545 g/mol. The Kier molecular flexibility index (Phi) is 8.75. The highest BCUT2D eigenvalue weighted by Crippen LogP contribution is 2.31. The van der Waals surface area contributed by atoms with Crippen LogP contribution in [-0.2, 0) is 16.2 Å². The van der Waals surface area contributed by atoms with Crippen LogP contribution in [0.3, 0.4) is 0 Å². The average Bonchev–Trinajstić information content (AvgIpc) is 2.95. The number of benzene rings is 3. The van der Waals surface area contributed by atoms with Gasteiger partial charge in [-0.1, -0.05) is 19.4 Å². The Hall–Kier alpha value is -5.19. The van der Waals surface area contributed by atoms with Gasteiger partial charge in [0.2, 0.25) is 0 Å². The fourth-order valence-corrected chi connectivity index (χ4v) is 3.85. The number of unbranched alkanes of at least 4 members (excludes halogenated alkanes) is 1. The third-order valence-corrected chi connectivity index (χ3v) is 6.00. The van der Waals surface area contributed by atoms with Crippen molar-refractivity contribution in [2.24, 2.45) is 0 Å². The molecule has 1 N–H and O–H groups in total. The number of barbiturate groups is 1. The van der Waals surface area contributed by atoms with Crippen molar-refractivity contribution in [3.05, 3.63) is 93.5 Å². The molecule has 3 aromatic rings. The fraction of sp³-hybridized carbons (Fsp3) is 0.207. The summed E-state index contributed by atoms with van der Waals surface area (Å²) in [6, 6.07) is 16.4. The number of nitrogens with one attached hydrogen (secondary N) is 1. The number of carbonyl (C=O) groups excluding carboxylic acids is 3. The summed E-state index contributed by atoms with van der Waals surface area (Å²) in [5, 5.41) is 13.0. The largest absolute Gasteiger partial charge is 0.494 e. The molecule has 40 heavy (non-hydrogen) atoms. The molecule has 0 radical (unpaired) electrons. The summed E-state index contributed by atoms with van der Waals surface area (Å²) < 4.78 is 16.9. The molecule has 0 unspecified atom stereocenters. The number of imide groups is 2. The number of nitrogens with zero attached hydrogens (tertiary/aromatic N) is 2. The predicted octanol–water partition coefficient (Wildman–Crippen LogP) is 5.03. The molecule has 1 heterocycles. The Labute approximate surface area is 230 Å². The minimum atomic E-state index is -0.848. The Bertz CT molecular complexity index is 1450. The Balaban J connectivity index is 1.51. The van der Waals surface area contributed by atoms with Crippen molar-refractivity contribution < 1.29 is 33.5 Å². The number of nitro benzene ring substituents is 1. The van der Waals surface area contributed by atoms with Gasteiger partial charge >= 0.3 is 6.03 Å². The number of hydrogen-bond acceptors (Lipinski definition) is 8. The van der Waals surface area contributed by atoms with Crippen LogP contribution in [0.25, 0.3) is 6.08 Å². The van der Waals surface area contributed by atoms with Crippen LogP contribution in [0, 0.1) is 10.1 Å². The molecule has 11 nitrogen and oxygen atoms in total.